The van der Waals surface area contributed by atoms with Gasteiger partial charge in [0.1, 0.15) is 0 Å². The molecule has 0 aliphatic carbocycles. The summed E-state index contributed by atoms with van der Waals surface area (Å²) in [5.74, 6) is -0.292. The van der Waals surface area contributed by atoms with Crippen LogP contribution < -0.4 is 5.32 Å². The number of thiophene rings is 1. The molecule has 0 saturated carbocycles. The Morgan fingerprint density at radius 1 is 1.48 bits per heavy atom. The van der Waals surface area contributed by atoms with Crippen LogP contribution in [0.15, 0.2) is 24.8 Å². The second-order valence-electron chi connectivity index (χ2n) is 5.08. The van der Waals surface area contributed by atoms with E-state index in [0.29, 0.717) is 23.8 Å². The Kier molecular flexibility index (Phi) is 6.18. The maximum atomic E-state index is 12.3. The number of nitrogens with zero attached hydrogens (tertiary/aromatic N) is 2. The van der Waals surface area contributed by atoms with E-state index in [9.17, 15) is 14.4 Å². The fourth-order valence-electron chi connectivity index (χ4n) is 2.26. The molecule has 2 heterocycles. The highest BCUT2D eigenvalue weighted by Crippen LogP contribution is 2.23. The van der Waals surface area contributed by atoms with Gasteiger partial charge >= 0.3 is 6.03 Å². The molecule has 1 aromatic rings. The number of imide groups is 1. The Bertz CT molecular complexity index is 601. The molecule has 0 unspecified atom stereocenters. The summed E-state index contributed by atoms with van der Waals surface area (Å²) in [7, 11) is 0. The van der Waals surface area contributed by atoms with Crippen LogP contribution in [0.3, 0.4) is 0 Å². The number of amides is 4. The Labute approximate surface area is 143 Å². The van der Waals surface area contributed by atoms with E-state index in [1.165, 1.54) is 11.3 Å². The molecule has 0 radical (unpaired) electrons. The van der Waals surface area contributed by atoms with Crippen LogP contribution in [0.4, 0.5) is 4.79 Å². The van der Waals surface area contributed by atoms with Crippen LogP contribution in [0.1, 0.15) is 17.7 Å². The summed E-state index contributed by atoms with van der Waals surface area (Å²) in [4.78, 5) is 39.0. The maximum absolute atomic E-state index is 12.3. The minimum atomic E-state index is -0.390. The minimum Gasteiger partial charge on any atom is -0.334 e. The van der Waals surface area contributed by atoms with Gasteiger partial charge in [-0.2, -0.15) is 0 Å². The van der Waals surface area contributed by atoms with Crippen molar-refractivity contribution in [3.63, 3.8) is 0 Å². The van der Waals surface area contributed by atoms with Gasteiger partial charge in [-0.3, -0.25) is 14.5 Å². The van der Waals surface area contributed by atoms with Crippen LogP contribution in [-0.2, 0) is 16.1 Å². The van der Waals surface area contributed by atoms with E-state index in [2.05, 4.69) is 11.9 Å². The molecule has 0 atom stereocenters. The standard InChI is InChI=1S/C15H18ClN3O3S/c1-2-7-18(10-11-5-6-12(16)23-11)13(20)4-3-8-19-14(21)9-17-15(19)22/h2,5-6H,1,3-4,7-10H2,(H,17,22). The largest absolute Gasteiger partial charge is 0.334 e. The van der Waals surface area contributed by atoms with Crippen molar-refractivity contribution in [2.75, 3.05) is 19.6 Å². The zero-order valence-corrected chi connectivity index (χ0v) is 14.2. The number of carbonyl (C=O) groups excluding carboxylic acids is 3. The first kappa shape index (κ1) is 17.5. The molecule has 1 saturated heterocycles. The fourth-order valence-corrected chi connectivity index (χ4v) is 3.37. The van der Waals surface area contributed by atoms with Crippen molar-refractivity contribution in [2.24, 2.45) is 0 Å². The topological polar surface area (TPSA) is 69.7 Å². The van der Waals surface area contributed by atoms with Crippen LogP contribution >= 0.6 is 22.9 Å². The van der Waals surface area contributed by atoms with Crippen LogP contribution in [0.5, 0.6) is 0 Å². The summed E-state index contributed by atoms with van der Waals surface area (Å²) in [5, 5.41) is 2.45. The van der Waals surface area contributed by atoms with Gasteiger partial charge in [-0.05, 0) is 18.6 Å². The SMILES string of the molecule is C=CCN(Cc1ccc(Cl)s1)C(=O)CCCN1C(=O)CNC1=O. The number of nitrogens with one attached hydrogen (secondary N) is 1. The first-order chi connectivity index (χ1) is 11.0. The van der Waals surface area contributed by atoms with Crippen molar-refractivity contribution in [2.45, 2.75) is 19.4 Å². The Hall–Kier alpha value is -1.86. The van der Waals surface area contributed by atoms with Gasteiger partial charge in [-0.25, -0.2) is 4.79 Å². The third-order valence-electron chi connectivity index (χ3n) is 3.39. The van der Waals surface area contributed by atoms with Crippen molar-refractivity contribution in [3.8, 4) is 0 Å². The van der Waals surface area contributed by atoms with Gasteiger partial charge in [0, 0.05) is 24.4 Å². The van der Waals surface area contributed by atoms with E-state index in [0.717, 1.165) is 9.78 Å². The molecule has 1 aliphatic heterocycles. The molecule has 8 heteroatoms. The first-order valence-corrected chi connectivity index (χ1v) is 8.41. The van der Waals surface area contributed by atoms with Crippen molar-refractivity contribution < 1.29 is 14.4 Å². The molecule has 1 N–H and O–H groups in total. The van der Waals surface area contributed by atoms with Gasteiger partial charge in [0.25, 0.3) is 0 Å². The molecule has 0 spiro atoms. The number of hydrogen-bond acceptors (Lipinski definition) is 4. The summed E-state index contributed by atoms with van der Waals surface area (Å²) < 4.78 is 0.685. The van der Waals surface area contributed by atoms with E-state index in [-0.39, 0.29) is 31.3 Å². The third-order valence-corrected chi connectivity index (χ3v) is 4.60. The number of halogens is 1. The lowest BCUT2D eigenvalue weighted by Crippen LogP contribution is -2.34. The van der Waals surface area contributed by atoms with E-state index >= 15 is 0 Å². The van der Waals surface area contributed by atoms with Crippen LogP contribution in [0.25, 0.3) is 0 Å². The molecule has 0 bridgehead atoms. The predicted octanol–water partition coefficient (Wildman–Crippen LogP) is 2.25. The van der Waals surface area contributed by atoms with Crippen molar-refractivity contribution in [3.05, 3.63) is 34.0 Å². The van der Waals surface area contributed by atoms with Gasteiger partial charge in [-0.1, -0.05) is 17.7 Å². The smallest absolute Gasteiger partial charge is 0.324 e. The van der Waals surface area contributed by atoms with Crippen molar-refractivity contribution in [1.82, 2.24) is 15.1 Å². The average Bonchev–Trinajstić information content (AvgIpc) is 3.06. The van der Waals surface area contributed by atoms with Crippen LogP contribution in [0, 0.1) is 0 Å². The second-order valence-corrected chi connectivity index (χ2v) is 6.88. The van der Waals surface area contributed by atoms with E-state index in [1.54, 1.807) is 17.0 Å². The summed E-state index contributed by atoms with van der Waals surface area (Å²) in [5.41, 5.74) is 0. The molecule has 1 fully saturated rings. The predicted molar refractivity (Wildman–Crippen MR) is 89.3 cm³/mol. The molecule has 4 amide bonds. The van der Waals surface area contributed by atoms with E-state index < -0.39 is 6.03 Å². The highest BCUT2D eigenvalue weighted by Gasteiger charge is 2.28. The molecule has 2 rings (SSSR count). The number of rotatable bonds is 8. The molecule has 23 heavy (non-hydrogen) atoms. The normalized spacial score (nSPS) is 14.0. The van der Waals surface area contributed by atoms with Crippen molar-refractivity contribution in [1.29, 1.82) is 0 Å². The van der Waals surface area contributed by atoms with Gasteiger partial charge < -0.3 is 10.2 Å². The Balaban J connectivity index is 1.84. The highest BCUT2D eigenvalue weighted by atomic mass is 35.5. The molecular formula is C15H18ClN3O3S. The lowest BCUT2D eigenvalue weighted by Gasteiger charge is -2.21. The molecule has 0 aromatic carbocycles. The van der Waals surface area contributed by atoms with Crippen LogP contribution in [-0.4, -0.2) is 47.3 Å². The lowest BCUT2D eigenvalue weighted by molar-refractivity contribution is -0.132. The first-order valence-electron chi connectivity index (χ1n) is 7.22. The lowest BCUT2D eigenvalue weighted by atomic mass is 10.2. The zero-order chi connectivity index (χ0) is 16.8. The summed E-state index contributed by atoms with van der Waals surface area (Å²) >= 11 is 7.34. The fraction of sp³-hybridized carbons (Fsp3) is 0.400. The van der Waals surface area contributed by atoms with Gasteiger partial charge in [0.2, 0.25) is 11.8 Å². The molecule has 124 valence electrons. The van der Waals surface area contributed by atoms with Crippen LogP contribution in [0.2, 0.25) is 4.34 Å². The second kappa shape index (κ2) is 8.12. The van der Waals surface area contributed by atoms with E-state index in [1.807, 2.05) is 6.07 Å². The number of urea groups is 1. The zero-order valence-electron chi connectivity index (χ0n) is 12.6. The molecule has 1 aromatic heterocycles. The number of hydrogen-bond donors (Lipinski definition) is 1. The van der Waals surface area contributed by atoms with Gasteiger partial charge in [-0.15, -0.1) is 17.9 Å². The maximum Gasteiger partial charge on any atom is 0.324 e. The molecule has 1 aliphatic rings. The van der Waals surface area contributed by atoms with Gasteiger partial charge in [0.05, 0.1) is 17.4 Å². The summed E-state index contributed by atoms with van der Waals surface area (Å²) in [6, 6.07) is 3.30. The summed E-state index contributed by atoms with van der Waals surface area (Å²) in [6.07, 6.45) is 2.38. The number of carbonyl (C=O) groups is 3. The third kappa shape index (κ3) is 4.80. The van der Waals surface area contributed by atoms with Gasteiger partial charge in [0.15, 0.2) is 0 Å². The monoisotopic (exact) mass is 355 g/mol. The van der Waals surface area contributed by atoms with E-state index in [4.69, 9.17) is 11.6 Å². The molecule has 6 nitrogen and oxygen atoms in total. The Morgan fingerprint density at radius 3 is 2.83 bits per heavy atom. The quantitative estimate of drug-likeness (QED) is 0.574. The van der Waals surface area contributed by atoms with Crippen molar-refractivity contribution >= 4 is 40.8 Å². The highest BCUT2D eigenvalue weighted by molar-refractivity contribution is 7.16. The molecular weight excluding hydrogens is 338 g/mol. The summed E-state index contributed by atoms with van der Waals surface area (Å²) in [6.45, 7) is 4.88. The minimum absolute atomic E-state index is 0.0362. The average molecular weight is 356 g/mol. The Morgan fingerprint density at radius 2 is 2.26 bits per heavy atom.